The topological polar surface area (TPSA) is 139 Å². The lowest BCUT2D eigenvalue weighted by molar-refractivity contribution is -0.137. The Bertz CT molecular complexity index is 1350. The Morgan fingerprint density at radius 1 is 1.11 bits per heavy atom. The van der Waals surface area contributed by atoms with E-state index < -0.39 is 39.8 Å². The minimum absolute atomic E-state index is 0.0142. The van der Waals surface area contributed by atoms with Crippen molar-refractivity contribution in [2.45, 2.75) is 29.6 Å². The number of nitrogens with two attached hydrogens (primary N) is 1. The Hall–Kier alpha value is -3.55. The van der Waals surface area contributed by atoms with Gasteiger partial charge in [0.15, 0.2) is 0 Å². The van der Waals surface area contributed by atoms with Gasteiger partial charge in [0, 0.05) is 24.8 Å². The standard InChI is InChI=1S/C23H22F3N5O4S/c24-23(25,26)15-6-9-21(28-12-15)30-18-10-11-31(13-20(18)32)36(34,35)16-7-4-14(5-8-16)17-2-1-3-19(29-17)22(27)33/h1-9,12,18,20,32H,10-11,13H2,(H2,27,33)(H,28,30)/t18-,20+/m1/s1. The maximum Gasteiger partial charge on any atom is 0.417 e. The molecule has 1 saturated heterocycles. The van der Waals surface area contributed by atoms with Crippen molar-refractivity contribution in [2.24, 2.45) is 5.73 Å². The first-order valence-electron chi connectivity index (χ1n) is 10.8. The van der Waals surface area contributed by atoms with Gasteiger partial charge in [-0.3, -0.25) is 4.79 Å². The van der Waals surface area contributed by atoms with Crippen molar-refractivity contribution < 1.29 is 31.5 Å². The van der Waals surface area contributed by atoms with Crippen molar-refractivity contribution in [3.05, 3.63) is 72.1 Å². The zero-order valence-corrected chi connectivity index (χ0v) is 19.5. The number of primary amides is 1. The summed E-state index contributed by atoms with van der Waals surface area (Å²) in [5.74, 6) is -0.533. The summed E-state index contributed by atoms with van der Waals surface area (Å²) in [4.78, 5) is 19.3. The fraction of sp³-hybridized carbons (Fsp3) is 0.261. The highest BCUT2D eigenvalue weighted by Gasteiger charge is 2.35. The first-order chi connectivity index (χ1) is 16.9. The Kier molecular flexibility index (Phi) is 6.98. The van der Waals surface area contributed by atoms with E-state index in [-0.39, 0.29) is 35.9 Å². The largest absolute Gasteiger partial charge is 0.417 e. The number of carbonyl (C=O) groups is 1. The lowest BCUT2D eigenvalue weighted by Crippen LogP contribution is -2.51. The molecule has 2 aromatic heterocycles. The van der Waals surface area contributed by atoms with Gasteiger partial charge in [-0.1, -0.05) is 18.2 Å². The average molecular weight is 522 g/mol. The van der Waals surface area contributed by atoms with Crippen molar-refractivity contribution in [3.63, 3.8) is 0 Å². The minimum atomic E-state index is -4.51. The molecule has 0 saturated carbocycles. The number of rotatable bonds is 6. The first-order valence-corrected chi connectivity index (χ1v) is 12.2. The molecule has 1 amide bonds. The fourth-order valence-corrected chi connectivity index (χ4v) is 5.28. The summed E-state index contributed by atoms with van der Waals surface area (Å²) < 4.78 is 65.5. The summed E-state index contributed by atoms with van der Waals surface area (Å²) in [6.45, 7) is -0.119. The number of β-amino-alcohol motifs (C(OH)–C–C–N with tert-alkyl or cyclic N) is 1. The van der Waals surface area contributed by atoms with Gasteiger partial charge in [-0.15, -0.1) is 0 Å². The molecule has 1 aromatic carbocycles. The number of halogens is 3. The van der Waals surface area contributed by atoms with Crippen molar-refractivity contribution >= 4 is 21.7 Å². The van der Waals surface area contributed by atoms with Crippen LogP contribution in [0.15, 0.2) is 65.7 Å². The summed E-state index contributed by atoms with van der Waals surface area (Å²) in [7, 11) is -3.92. The molecule has 0 unspecified atom stereocenters. The van der Waals surface area contributed by atoms with Gasteiger partial charge in [-0.2, -0.15) is 17.5 Å². The minimum Gasteiger partial charge on any atom is -0.390 e. The molecule has 3 aromatic rings. The van der Waals surface area contributed by atoms with Crippen LogP contribution in [-0.2, 0) is 16.2 Å². The summed E-state index contributed by atoms with van der Waals surface area (Å²) >= 11 is 0. The number of hydrogen-bond acceptors (Lipinski definition) is 7. The van der Waals surface area contributed by atoms with E-state index in [4.69, 9.17) is 5.73 Å². The third kappa shape index (κ3) is 5.48. The van der Waals surface area contributed by atoms with Gasteiger partial charge in [0.2, 0.25) is 10.0 Å². The molecule has 4 N–H and O–H groups in total. The second-order valence-electron chi connectivity index (χ2n) is 8.20. The molecule has 13 heteroatoms. The van der Waals surface area contributed by atoms with Crippen LogP contribution in [0.1, 0.15) is 22.5 Å². The Morgan fingerprint density at radius 3 is 2.42 bits per heavy atom. The van der Waals surface area contributed by atoms with Crippen molar-refractivity contribution in [2.75, 3.05) is 18.4 Å². The van der Waals surface area contributed by atoms with E-state index in [2.05, 4.69) is 15.3 Å². The van der Waals surface area contributed by atoms with Crippen LogP contribution in [0, 0.1) is 0 Å². The molecular weight excluding hydrogens is 499 g/mol. The molecule has 0 aliphatic carbocycles. The van der Waals surface area contributed by atoms with Crippen LogP contribution in [0.2, 0.25) is 0 Å². The third-order valence-electron chi connectivity index (χ3n) is 5.76. The van der Waals surface area contributed by atoms with Crippen molar-refractivity contribution in [1.29, 1.82) is 0 Å². The van der Waals surface area contributed by atoms with Crippen molar-refractivity contribution in [3.8, 4) is 11.3 Å². The average Bonchev–Trinajstić information content (AvgIpc) is 2.85. The molecule has 0 spiro atoms. The van der Waals surface area contributed by atoms with Crippen LogP contribution in [0.5, 0.6) is 0 Å². The van der Waals surface area contributed by atoms with Gasteiger partial charge in [-0.05, 0) is 42.8 Å². The van der Waals surface area contributed by atoms with Crippen LogP contribution in [-0.4, -0.2) is 58.9 Å². The Labute approximate surface area is 204 Å². The van der Waals surface area contributed by atoms with Crippen LogP contribution >= 0.6 is 0 Å². The molecule has 0 radical (unpaired) electrons. The number of benzene rings is 1. The Balaban J connectivity index is 1.42. The van der Waals surface area contributed by atoms with E-state index in [1.54, 1.807) is 24.3 Å². The van der Waals surface area contributed by atoms with Crippen LogP contribution in [0.25, 0.3) is 11.3 Å². The second kappa shape index (κ2) is 9.84. The van der Waals surface area contributed by atoms with E-state index in [0.29, 0.717) is 17.5 Å². The van der Waals surface area contributed by atoms with Crippen LogP contribution in [0.3, 0.4) is 0 Å². The molecule has 4 rings (SSSR count). The van der Waals surface area contributed by atoms with Gasteiger partial charge in [0.1, 0.15) is 11.5 Å². The number of aromatic nitrogens is 2. The molecule has 190 valence electrons. The smallest absolute Gasteiger partial charge is 0.390 e. The summed E-state index contributed by atoms with van der Waals surface area (Å²) in [6.07, 6.45) is -4.71. The molecule has 1 fully saturated rings. The first kappa shape index (κ1) is 25.5. The van der Waals surface area contributed by atoms with E-state index in [0.717, 1.165) is 16.4 Å². The Morgan fingerprint density at radius 2 is 1.83 bits per heavy atom. The third-order valence-corrected chi connectivity index (χ3v) is 7.64. The van der Waals surface area contributed by atoms with Crippen molar-refractivity contribution in [1.82, 2.24) is 14.3 Å². The maximum atomic E-state index is 13.1. The number of nitrogens with one attached hydrogen (secondary N) is 1. The number of hydrogen-bond donors (Lipinski definition) is 3. The number of sulfonamides is 1. The molecule has 2 atom stereocenters. The fourth-order valence-electron chi connectivity index (χ4n) is 3.81. The molecule has 3 heterocycles. The lowest BCUT2D eigenvalue weighted by Gasteiger charge is -2.35. The lowest BCUT2D eigenvalue weighted by atomic mass is 10.0. The number of aliphatic hydroxyl groups excluding tert-OH is 1. The summed E-state index contributed by atoms with van der Waals surface area (Å²) in [5.41, 5.74) is 5.49. The zero-order chi connectivity index (χ0) is 26.1. The normalized spacial score (nSPS) is 19.1. The molecule has 0 bridgehead atoms. The summed E-state index contributed by atoms with van der Waals surface area (Å²) in [5, 5.41) is 13.4. The van der Waals surface area contributed by atoms with Crippen LogP contribution in [0.4, 0.5) is 19.0 Å². The predicted molar refractivity (Wildman–Crippen MR) is 124 cm³/mol. The number of nitrogens with zero attached hydrogens (tertiary/aromatic N) is 3. The van der Waals surface area contributed by atoms with Gasteiger partial charge in [-0.25, -0.2) is 18.4 Å². The summed E-state index contributed by atoms with van der Waals surface area (Å²) in [6, 6.07) is 12.1. The van der Waals surface area contributed by atoms with Gasteiger partial charge >= 0.3 is 6.18 Å². The number of aliphatic hydroxyl groups is 1. The SMILES string of the molecule is NC(=O)c1cccc(-c2ccc(S(=O)(=O)N3CC[C@@H](Nc4ccc(C(F)(F)F)cn4)[C@@H](O)C3)cc2)n1. The van der Waals surface area contributed by atoms with E-state index >= 15 is 0 Å². The highest BCUT2D eigenvalue weighted by molar-refractivity contribution is 7.89. The molecule has 1 aliphatic rings. The monoisotopic (exact) mass is 521 g/mol. The maximum absolute atomic E-state index is 13.1. The van der Waals surface area contributed by atoms with E-state index in [9.17, 15) is 31.5 Å². The van der Waals surface area contributed by atoms with Gasteiger partial charge in [0.25, 0.3) is 5.91 Å². The highest BCUT2D eigenvalue weighted by Crippen LogP contribution is 2.29. The predicted octanol–water partition coefficient (Wildman–Crippen LogP) is 2.50. The number of alkyl halides is 3. The number of anilines is 1. The highest BCUT2D eigenvalue weighted by atomic mass is 32.2. The van der Waals surface area contributed by atoms with Gasteiger partial charge < -0.3 is 16.2 Å². The number of piperidine rings is 1. The number of carbonyl (C=O) groups excluding carboxylic acids is 1. The zero-order valence-electron chi connectivity index (χ0n) is 18.7. The van der Waals surface area contributed by atoms with Crippen LogP contribution < -0.4 is 11.1 Å². The second-order valence-corrected chi connectivity index (χ2v) is 10.1. The molecule has 36 heavy (non-hydrogen) atoms. The van der Waals surface area contributed by atoms with E-state index in [1.807, 2.05) is 0 Å². The van der Waals surface area contributed by atoms with E-state index in [1.165, 1.54) is 18.2 Å². The molecule has 1 aliphatic heterocycles. The van der Waals surface area contributed by atoms with Gasteiger partial charge in [0.05, 0.1) is 28.3 Å². The molecular formula is C23H22F3N5O4S. The molecule has 9 nitrogen and oxygen atoms in total. The quantitative estimate of drug-likeness (QED) is 0.453. The number of amides is 1. The number of pyridine rings is 2.